The molecule has 0 saturated carbocycles. The van der Waals surface area contributed by atoms with Crippen molar-refractivity contribution in [1.82, 2.24) is 0 Å². The number of aryl methyl sites for hydroxylation is 1. The standard InChI is InChI=1S/C7H5IS2/c1-4-2-9-7-5(8)3-10-6(4)7/h2-3H,1H3. The second-order valence-electron chi connectivity index (χ2n) is 2.16. The van der Waals surface area contributed by atoms with Crippen molar-refractivity contribution in [3.63, 3.8) is 0 Å². The molecule has 0 atom stereocenters. The average Bonchev–Trinajstić information content (AvgIpc) is 2.41. The van der Waals surface area contributed by atoms with Gasteiger partial charge in [0.05, 0.1) is 4.70 Å². The molecule has 0 spiro atoms. The second-order valence-corrected chi connectivity index (χ2v) is 5.08. The SMILES string of the molecule is Cc1csc2c(I)csc12. The molecule has 0 aliphatic heterocycles. The van der Waals surface area contributed by atoms with E-state index >= 15 is 0 Å². The molecule has 0 unspecified atom stereocenters. The Morgan fingerprint density at radius 3 is 2.60 bits per heavy atom. The van der Waals surface area contributed by atoms with Crippen LogP contribution >= 0.6 is 45.3 Å². The molecular formula is C7H5IS2. The van der Waals surface area contributed by atoms with E-state index in [4.69, 9.17) is 0 Å². The largest absolute Gasteiger partial charge is 0.141 e. The number of hydrogen-bond acceptors (Lipinski definition) is 2. The summed E-state index contributed by atoms with van der Waals surface area (Å²) >= 11 is 6.09. The molecule has 0 fully saturated rings. The predicted octanol–water partition coefficient (Wildman–Crippen LogP) is 3.88. The summed E-state index contributed by atoms with van der Waals surface area (Å²) in [5.41, 5.74) is 1.42. The molecule has 0 radical (unpaired) electrons. The first-order valence-corrected chi connectivity index (χ1v) is 5.73. The third-order valence-electron chi connectivity index (χ3n) is 1.42. The maximum Gasteiger partial charge on any atom is 0.0586 e. The zero-order chi connectivity index (χ0) is 7.14. The van der Waals surface area contributed by atoms with E-state index in [-0.39, 0.29) is 0 Å². The molecule has 2 aromatic heterocycles. The van der Waals surface area contributed by atoms with E-state index in [1.807, 2.05) is 22.7 Å². The minimum Gasteiger partial charge on any atom is -0.141 e. The van der Waals surface area contributed by atoms with E-state index in [9.17, 15) is 0 Å². The Morgan fingerprint density at radius 1 is 1.20 bits per heavy atom. The number of hydrogen-bond donors (Lipinski definition) is 0. The smallest absolute Gasteiger partial charge is 0.0586 e. The second kappa shape index (κ2) is 2.46. The van der Waals surface area contributed by atoms with E-state index < -0.39 is 0 Å². The van der Waals surface area contributed by atoms with Crippen molar-refractivity contribution in [1.29, 1.82) is 0 Å². The zero-order valence-electron chi connectivity index (χ0n) is 5.35. The average molecular weight is 280 g/mol. The van der Waals surface area contributed by atoms with E-state index in [1.54, 1.807) is 0 Å². The summed E-state index contributed by atoms with van der Waals surface area (Å²) in [6.07, 6.45) is 0. The lowest BCUT2D eigenvalue weighted by atomic mass is 10.4. The van der Waals surface area contributed by atoms with Gasteiger partial charge in [-0.25, -0.2) is 0 Å². The van der Waals surface area contributed by atoms with Gasteiger partial charge in [0.15, 0.2) is 0 Å². The Balaban J connectivity index is 2.95. The molecular weight excluding hydrogens is 275 g/mol. The molecule has 0 aliphatic rings. The highest BCUT2D eigenvalue weighted by Crippen LogP contribution is 2.34. The first kappa shape index (κ1) is 7.06. The van der Waals surface area contributed by atoms with Gasteiger partial charge in [-0.2, -0.15) is 0 Å². The van der Waals surface area contributed by atoms with Crippen molar-refractivity contribution < 1.29 is 0 Å². The highest BCUT2D eigenvalue weighted by atomic mass is 127. The van der Waals surface area contributed by atoms with Crippen molar-refractivity contribution in [3.8, 4) is 0 Å². The van der Waals surface area contributed by atoms with Gasteiger partial charge in [0.1, 0.15) is 0 Å². The van der Waals surface area contributed by atoms with Crippen LogP contribution in [0.2, 0.25) is 0 Å². The molecule has 0 aliphatic carbocycles. The van der Waals surface area contributed by atoms with E-state index in [0.29, 0.717) is 0 Å². The lowest BCUT2D eigenvalue weighted by Crippen LogP contribution is -1.55. The van der Waals surface area contributed by atoms with Gasteiger partial charge in [-0.1, -0.05) is 0 Å². The Kier molecular flexibility index (Phi) is 1.74. The molecule has 0 nitrogen and oxygen atoms in total. The molecule has 52 valence electrons. The molecule has 10 heavy (non-hydrogen) atoms. The highest BCUT2D eigenvalue weighted by Gasteiger charge is 2.04. The molecule has 3 heteroatoms. The van der Waals surface area contributed by atoms with Gasteiger partial charge in [-0.05, 0) is 40.5 Å². The topological polar surface area (TPSA) is 0 Å². The van der Waals surface area contributed by atoms with Crippen LogP contribution in [0.4, 0.5) is 0 Å². The molecule has 2 heterocycles. The summed E-state index contributed by atoms with van der Waals surface area (Å²) in [6.45, 7) is 2.17. The summed E-state index contributed by atoms with van der Waals surface area (Å²) in [7, 11) is 0. The Labute approximate surface area is 81.0 Å². The first-order chi connectivity index (χ1) is 4.79. The molecule has 0 saturated heterocycles. The van der Waals surface area contributed by atoms with Crippen LogP contribution in [0.25, 0.3) is 9.40 Å². The first-order valence-electron chi connectivity index (χ1n) is 2.90. The third-order valence-corrected chi connectivity index (χ3v) is 5.43. The molecule has 0 N–H and O–H groups in total. The molecule has 2 aromatic rings. The van der Waals surface area contributed by atoms with Crippen LogP contribution in [0.1, 0.15) is 5.56 Å². The molecule has 2 rings (SSSR count). The van der Waals surface area contributed by atoms with Crippen molar-refractivity contribution in [2.45, 2.75) is 6.92 Å². The molecule has 0 aromatic carbocycles. The van der Waals surface area contributed by atoms with Crippen LogP contribution in [-0.2, 0) is 0 Å². The minimum absolute atomic E-state index is 1.40. The maximum absolute atomic E-state index is 2.39. The summed E-state index contributed by atoms with van der Waals surface area (Å²) in [5, 5.41) is 4.44. The Hall–Kier alpha value is 0.390. The highest BCUT2D eigenvalue weighted by molar-refractivity contribution is 14.1. The van der Waals surface area contributed by atoms with Gasteiger partial charge < -0.3 is 0 Å². The monoisotopic (exact) mass is 280 g/mol. The van der Waals surface area contributed by atoms with Crippen LogP contribution in [-0.4, -0.2) is 0 Å². The maximum atomic E-state index is 2.39. The summed E-state index contributed by atoms with van der Waals surface area (Å²) in [5.74, 6) is 0. The summed E-state index contributed by atoms with van der Waals surface area (Å²) < 4.78 is 4.33. The van der Waals surface area contributed by atoms with Gasteiger partial charge in [0.25, 0.3) is 0 Å². The summed E-state index contributed by atoms with van der Waals surface area (Å²) in [4.78, 5) is 0. The van der Waals surface area contributed by atoms with Crippen LogP contribution in [0.15, 0.2) is 10.8 Å². The third kappa shape index (κ3) is 0.914. The van der Waals surface area contributed by atoms with Crippen LogP contribution in [0.5, 0.6) is 0 Å². The number of fused-ring (bicyclic) bond motifs is 1. The van der Waals surface area contributed by atoms with Gasteiger partial charge in [0, 0.05) is 13.7 Å². The minimum atomic E-state index is 1.40. The number of thiophene rings is 2. The zero-order valence-corrected chi connectivity index (χ0v) is 9.14. The molecule has 0 amide bonds. The van der Waals surface area contributed by atoms with Gasteiger partial charge in [0.2, 0.25) is 0 Å². The van der Waals surface area contributed by atoms with Crippen molar-refractivity contribution in [2.75, 3.05) is 0 Å². The van der Waals surface area contributed by atoms with Crippen molar-refractivity contribution in [2.24, 2.45) is 0 Å². The predicted molar refractivity (Wildman–Crippen MR) is 57.2 cm³/mol. The van der Waals surface area contributed by atoms with E-state index in [0.717, 1.165) is 0 Å². The van der Waals surface area contributed by atoms with Gasteiger partial charge in [-0.15, -0.1) is 22.7 Å². The number of halogens is 1. The van der Waals surface area contributed by atoms with Crippen LogP contribution < -0.4 is 0 Å². The van der Waals surface area contributed by atoms with Crippen LogP contribution in [0.3, 0.4) is 0 Å². The normalized spacial score (nSPS) is 11.0. The van der Waals surface area contributed by atoms with Gasteiger partial charge >= 0.3 is 0 Å². The lowest BCUT2D eigenvalue weighted by molar-refractivity contribution is 1.62. The van der Waals surface area contributed by atoms with Crippen LogP contribution in [0, 0.1) is 10.5 Å². The Bertz CT molecular complexity index is 322. The summed E-state index contributed by atoms with van der Waals surface area (Å²) in [6, 6.07) is 0. The number of rotatable bonds is 0. The van der Waals surface area contributed by atoms with E-state index in [2.05, 4.69) is 40.3 Å². The van der Waals surface area contributed by atoms with Crippen molar-refractivity contribution in [3.05, 3.63) is 19.9 Å². The fraction of sp³-hybridized carbons (Fsp3) is 0.143. The lowest BCUT2D eigenvalue weighted by Gasteiger charge is -1.76. The fourth-order valence-corrected chi connectivity index (χ4v) is 4.22. The van der Waals surface area contributed by atoms with Crippen molar-refractivity contribution >= 4 is 54.7 Å². The van der Waals surface area contributed by atoms with Gasteiger partial charge in [-0.3, -0.25) is 0 Å². The fourth-order valence-electron chi connectivity index (χ4n) is 0.909. The van der Waals surface area contributed by atoms with E-state index in [1.165, 1.54) is 18.5 Å². The Morgan fingerprint density at radius 2 is 1.90 bits per heavy atom. The quantitative estimate of drug-likeness (QED) is 0.642. The molecule has 0 bridgehead atoms.